The van der Waals surface area contributed by atoms with Gasteiger partial charge in [-0.25, -0.2) is 4.98 Å². The van der Waals surface area contributed by atoms with Gasteiger partial charge in [0.2, 0.25) is 0 Å². The molecule has 11 heteroatoms. The van der Waals surface area contributed by atoms with Crippen molar-refractivity contribution in [3.05, 3.63) is 34.6 Å². The quantitative estimate of drug-likeness (QED) is 0.539. The third-order valence-electron chi connectivity index (χ3n) is 2.89. The average molecular weight is 414 g/mol. The minimum absolute atomic E-state index is 0.122. The van der Waals surface area contributed by atoms with Gasteiger partial charge >= 0.3 is 16.1 Å². The van der Waals surface area contributed by atoms with E-state index < -0.39 is 10.1 Å². The number of imidazole rings is 1. The van der Waals surface area contributed by atoms with Gasteiger partial charge in [0.25, 0.3) is 0 Å². The van der Waals surface area contributed by atoms with E-state index in [1.807, 2.05) is 6.07 Å². The lowest BCUT2D eigenvalue weighted by Crippen LogP contribution is -2.10. The highest BCUT2D eigenvalue weighted by atomic mass is 79.9. The Morgan fingerprint density at radius 1 is 1.33 bits per heavy atom. The molecule has 0 bridgehead atoms. The summed E-state index contributed by atoms with van der Waals surface area (Å²) < 4.78 is 28.0. The van der Waals surface area contributed by atoms with Crippen molar-refractivity contribution in [3.8, 4) is 11.8 Å². The number of benzene rings is 1. The molecule has 0 aliphatic heterocycles. The van der Waals surface area contributed by atoms with Crippen LogP contribution < -0.4 is 9.50 Å². The topological polar surface area (TPSA) is 130 Å². The fourth-order valence-corrected chi connectivity index (χ4v) is 2.91. The zero-order valence-electron chi connectivity index (χ0n) is 12.3. The summed E-state index contributed by atoms with van der Waals surface area (Å²) in [5, 5.41) is 12.7. The highest BCUT2D eigenvalue weighted by Crippen LogP contribution is 2.23. The van der Waals surface area contributed by atoms with Gasteiger partial charge in [0.05, 0.1) is 12.6 Å². The first kappa shape index (κ1) is 16.5. The maximum Gasteiger partial charge on any atom is 0.337 e. The van der Waals surface area contributed by atoms with Crippen molar-refractivity contribution >= 4 is 43.0 Å². The summed E-state index contributed by atoms with van der Waals surface area (Å²) in [6, 6.07) is 4.67. The number of H-pyrrole nitrogens is 1. The number of aromatic nitrogens is 4. The second-order valence-corrected chi connectivity index (χ2v) is 7.41. The van der Waals surface area contributed by atoms with Gasteiger partial charge in [0.1, 0.15) is 11.3 Å². The predicted octanol–water partition coefficient (Wildman–Crippen LogP) is 1.77. The van der Waals surface area contributed by atoms with Crippen LogP contribution in [0.15, 0.2) is 29.0 Å². The molecule has 3 N–H and O–H groups in total. The van der Waals surface area contributed by atoms with E-state index in [0.717, 1.165) is 16.3 Å². The van der Waals surface area contributed by atoms with Gasteiger partial charge in [-0.3, -0.25) is 0 Å². The summed E-state index contributed by atoms with van der Waals surface area (Å²) in [5.41, 5.74) is 1.57. The van der Waals surface area contributed by atoms with E-state index in [1.165, 1.54) is 6.33 Å². The number of rotatable bonds is 5. The van der Waals surface area contributed by atoms with Crippen LogP contribution in [0.2, 0.25) is 0 Å². The zero-order chi connectivity index (χ0) is 17.3. The summed E-state index contributed by atoms with van der Waals surface area (Å²) in [6.45, 7) is 0.330. The number of nitrogens with zero attached hydrogens (tertiary/aromatic N) is 3. The molecule has 0 aliphatic carbocycles. The molecular weight excluding hydrogens is 402 g/mol. The normalized spacial score (nSPS) is 11.6. The van der Waals surface area contributed by atoms with Crippen molar-refractivity contribution in [1.29, 1.82) is 0 Å². The Bertz CT molecular complexity index is 985. The number of anilines is 1. The largest absolute Gasteiger partial charge is 0.508 e. The van der Waals surface area contributed by atoms with Crippen LogP contribution in [0.4, 0.5) is 5.82 Å². The highest BCUT2D eigenvalue weighted by Gasteiger charge is 2.14. The summed E-state index contributed by atoms with van der Waals surface area (Å²) in [4.78, 5) is 14.8. The molecule has 0 saturated heterocycles. The first-order valence-electron chi connectivity index (χ1n) is 6.63. The fourth-order valence-electron chi connectivity index (χ4n) is 2.03. The first-order valence-corrected chi connectivity index (χ1v) is 9.24. The molecule has 2 heterocycles. The molecule has 126 valence electrons. The molecule has 0 radical (unpaired) electrons. The van der Waals surface area contributed by atoms with Crippen molar-refractivity contribution in [2.45, 2.75) is 6.54 Å². The lowest BCUT2D eigenvalue weighted by molar-refractivity contribution is 0.471. The zero-order valence-corrected chi connectivity index (χ0v) is 14.7. The van der Waals surface area contributed by atoms with Crippen LogP contribution in [0.1, 0.15) is 5.56 Å². The molecule has 2 aromatic heterocycles. The molecule has 0 unspecified atom stereocenters. The Morgan fingerprint density at radius 2 is 2.12 bits per heavy atom. The van der Waals surface area contributed by atoms with E-state index in [1.54, 1.807) is 12.1 Å². The van der Waals surface area contributed by atoms with Crippen molar-refractivity contribution in [3.63, 3.8) is 0 Å². The maximum absolute atomic E-state index is 11.3. The number of aromatic hydroxyl groups is 1. The molecule has 0 aliphatic rings. The Labute approximate surface area is 145 Å². The number of hydrogen-bond acceptors (Lipinski definition) is 8. The average Bonchev–Trinajstić information content (AvgIpc) is 2.90. The van der Waals surface area contributed by atoms with E-state index in [0.29, 0.717) is 17.9 Å². The van der Waals surface area contributed by atoms with Crippen LogP contribution in [0.3, 0.4) is 0 Å². The molecule has 0 saturated carbocycles. The number of halogens is 1. The van der Waals surface area contributed by atoms with Crippen molar-refractivity contribution < 1.29 is 17.7 Å². The van der Waals surface area contributed by atoms with Crippen LogP contribution in [0.5, 0.6) is 11.8 Å². The number of phenols is 1. The number of phenolic OH excluding ortho intramolecular Hbond substituents is 1. The van der Waals surface area contributed by atoms with Gasteiger partial charge in [0.15, 0.2) is 11.5 Å². The molecule has 0 fully saturated rings. The van der Waals surface area contributed by atoms with Gasteiger partial charge < -0.3 is 19.6 Å². The third kappa shape index (κ3) is 3.92. The second kappa shape index (κ2) is 6.24. The summed E-state index contributed by atoms with van der Waals surface area (Å²) in [6.07, 6.45) is 2.32. The summed E-state index contributed by atoms with van der Waals surface area (Å²) >= 11 is 3.30. The Balaban J connectivity index is 1.91. The molecule has 3 rings (SSSR count). The van der Waals surface area contributed by atoms with E-state index >= 15 is 0 Å². The molecule has 0 atom stereocenters. The smallest absolute Gasteiger partial charge is 0.337 e. The van der Waals surface area contributed by atoms with Crippen LogP contribution in [-0.2, 0) is 16.7 Å². The molecule has 0 amide bonds. The van der Waals surface area contributed by atoms with Crippen molar-refractivity contribution in [1.82, 2.24) is 19.9 Å². The summed E-state index contributed by atoms with van der Waals surface area (Å²) in [5.74, 6) is 0.451. The minimum Gasteiger partial charge on any atom is -0.508 e. The van der Waals surface area contributed by atoms with Crippen LogP contribution in [0.25, 0.3) is 11.2 Å². The maximum atomic E-state index is 11.3. The molecule has 1 aromatic carbocycles. The predicted molar refractivity (Wildman–Crippen MR) is 90.3 cm³/mol. The lowest BCUT2D eigenvalue weighted by Gasteiger charge is -2.09. The highest BCUT2D eigenvalue weighted by molar-refractivity contribution is 9.10. The van der Waals surface area contributed by atoms with Gasteiger partial charge in [-0.05, 0) is 23.8 Å². The van der Waals surface area contributed by atoms with E-state index in [9.17, 15) is 13.5 Å². The third-order valence-corrected chi connectivity index (χ3v) is 3.80. The molecule has 3 aromatic rings. The van der Waals surface area contributed by atoms with Gasteiger partial charge in [-0.2, -0.15) is 18.4 Å². The fraction of sp³-hybridized carbons (Fsp3) is 0.154. The standard InChI is InChI=1S/C13H12BrN5O4S/c1-24(21,22)23-13-18-11(10-12(19-13)17-6-16-10)15-5-7-2-8(14)4-9(20)3-7/h2-4,6,20H,5H2,1H3,(H2,15,16,17,18,19). The van der Waals surface area contributed by atoms with Crippen LogP contribution in [0, 0.1) is 0 Å². The molecular formula is C13H12BrN5O4S. The number of hydrogen-bond donors (Lipinski definition) is 3. The van der Waals surface area contributed by atoms with E-state index in [4.69, 9.17) is 4.18 Å². The summed E-state index contributed by atoms with van der Waals surface area (Å²) in [7, 11) is -3.75. The van der Waals surface area contributed by atoms with Crippen LogP contribution in [-0.4, -0.2) is 39.7 Å². The molecule has 24 heavy (non-hydrogen) atoms. The number of aromatic amines is 1. The lowest BCUT2D eigenvalue weighted by atomic mass is 10.2. The second-order valence-electron chi connectivity index (χ2n) is 4.91. The number of nitrogens with one attached hydrogen (secondary N) is 2. The molecule has 9 nitrogen and oxygen atoms in total. The van der Waals surface area contributed by atoms with Gasteiger partial charge in [-0.1, -0.05) is 15.9 Å². The van der Waals surface area contributed by atoms with Gasteiger partial charge in [-0.15, -0.1) is 0 Å². The van der Waals surface area contributed by atoms with Crippen LogP contribution >= 0.6 is 15.9 Å². The molecule has 0 spiro atoms. The van der Waals surface area contributed by atoms with Gasteiger partial charge in [0, 0.05) is 11.0 Å². The first-order chi connectivity index (χ1) is 11.3. The Morgan fingerprint density at radius 3 is 2.83 bits per heavy atom. The van der Waals surface area contributed by atoms with E-state index in [2.05, 4.69) is 41.2 Å². The Hall–Kier alpha value is -2.40. The monoisotopic (exact) mass is 413 g/mol. The SMILES string of the molecule is CS(=O)(=O)Oc1nc(NCc2cc(O)cc(Br)c2)c2[nH]cnc2n1. The van der Waals surface area contributed by atoms with Crippen molar-refractivity contribution in [2.75, 3.05) is 11.6 Å². The number of fused-ring (bicyclic) bond motifs is 1. The van der Waals surface area contributed by atoms with E-state index in [-0.39, 0.29) is 17.4 Å². The Kier molecular flexibility index (Phi) is 4.28. The minimum atomic E-state index is -3.75. The van der Waals surface area contributed by atoms with Crippen molar-refractivity contribution in [2.24, 2.45) is 0 Å².